The highest BCUT2D eigenvalue weighted by Gasteiger charge is 2.23. The number of carbonyl (C=O) groups excluding carboxylic acids is 2. The average molecular weight is 325 g/mol. The van der Waals surface area contributed by atoms with Gasteiger partial charge in [0.25, 0.3) is 5.91 Å². The number of amidine groups is 1. The number of benzene rings is 1. The van der Waals surface area contributed by atoms with Gasteiger partial charge in [-0.25, -0.2) is 0 Å². The zero-order valence-electron chi connectivity index (χ0n) is 10.8. The lowest BCUT2D eigenvalue weighted by Gasteiger charge is -2.03. The summed E-state index contributed by atoms with van der Waals surface area (Å²) in [5, 5.41) is 3.18. The van der Waals surface area contributed by atoms with E-state index in [0.717, 1.165) is 11.8 Å². The van der Waals surface area contributed by atoms with E-state index in [0.29, 0.717) is 27.0 Å². The second kappa shape index (κ2) is 5.42. The normalized spacial score (nSPS) is 18.1. The summed E-state index contributed by atoms with van der Waals surface area (Å²) in [7, 11) is 0. The number of nitrogens with one attached hydrogen (secondary N) is 1. The maximum absolute atomic E-state index is 11.8. The molecule has 3 rings (SSSR count). The SMILES string of the molecule is CC(=O)NC1=NC(=O)C(=Cc2cc3c(cc2Cl)OCO3)S1. The minimum absolute atomic E-state index is 0.148. The molecule has 108 valence electrons. The van der Waals surface area contributed by atoms with Gasteiger partial charge in [0.05, 0.1) is 9.93 Å². The molecule has 1 N–H and O–H groups in total. The Labute approximate surface area is 129 Å². The summed E-state index contributed by atoms with van der Waals surface area (Å²) in [6, 6.07) is 3.33. The number of fused-ring (bicyclic) bond motifs is 1. The highest BCUT2D eigenvalue weighted by atomic mass is 35.5. The highest BCUT2D eigenvalue weighted by molar-refractivity contribution is 8.18. The minimum Gasteiger partial charge on any atom is -0.454 e. The third kappa shape index (κ3) is 2.88. The van der Waals surface area contributed by atoms with E-state index in [1.54, 1.807) is 18.2 Å². The van der Waals surface area contributed by atoms with Gasteiger partial charge in [0.1, 0.15) is 0 Å². The summed E-state index contributed by atoms with van der Waals surface area (Å²) >= 11 is 7.23. The van der Waals surface area contributed by atoms with E-state index in [1.165, 1.54) is 6.92 Å². The van der Waals surface area contributed by atoms with Gasteiger partial charge in [-0.1, -0.05) is 11.6 Å². The van der Waals surface area contributed by atoms with Gasteiger partial charge < -0.3 is 14.8 Å². The van der Waals surface area contributed by atoms with Crippen LogP contribution in [0.15, 0.2) is 22.0 Å². The largest absolute Gasteiger partial charge is 0.454 e. The second-order valence-electron chi connectivity index (χ2n) is 4.24. The molecular formula is C13H9ClN2O4S. The maximum Gasteiger partial charge on any atom is 0.286 e. The van der Waals surface area contributed by atoms with Crippen molar-refractivity contribution < 1.29 is 19.1 Å². The maximum atomic E-state index is 11.8. The van der Waals surface area contributed by atoms with Crippen LogP contribution in [0.5, 0.6) is 11.5 Å². The van der Waals surface area contributed by atoms with E-state index in [1.807, 2.05) is 0 Å². The second-order valence-corrected chi connectivity index (χ2v) is 5.68. The monoisotopic (exact) mass is 324 g/mol. The van der Waals surface area contributed by atoms with E-state index in [9.17, 15) is 9.59 Å². The van der Waals surface area contributed by atoms with Crippen molar-refractivity contribution in [2.45, 2.75) is 6.92 Å². The fourth-order valence-corrected chi connectivity index (χ4v) is 2.86. The lowest BCUT2D eigenvalue weighted by Crippen LogP contribution is -2.23. The number of halogens is 1. The highest BCUT2D eigenvalue weighted by Crippen LogP contribution is 2.38. The summed E-state index contributed by atoms with van der Waals surface area (Å²) in [5.74, 6) is 0.446. The van der Waals surface area contributed by atoms with Crippen LogP contribution in [0, 0.1) is 0 Å². The molecule has 0 fully saturated rings. The van der Waals surface area contributed by atoms with Crippen molar-refractivity contribution in [3.05, 3.63) is 27.6 Å². The van der Waals surface area contributed by atoms with Gasteiger partial charge in [0, 0.05) is 13.0 Å². The van der Waals surface area contributed by atoms with Gasteiger partial charge in [-0.2, -0.15) is 4.99 Å². The molecule has 2 aliphatic rings. The number of rotatable bonds is 1. The molecule has 0 radical (unpaired) electrons. The van der Waals surface area contributed by atoms with Crippen LogP contribution in [0.4, 0.5) is 0 Å². The van der Waals surface area contributed by atoms with Crippen LogP contribution in [-0.4, -0.2) is 23.8 Å². The Morgan fingerprint density at radius 1 is 1.43 bits per heavy atom. The van der Waals surface area contributed by atoms with Crippen molar-refractivity contribution in [3.63, 3.8) is 0 Å². The lowest BCUT2D eigenvalue weighted by atomic mass is 10.2. The molecule has 0 atom stereocenters. The Morgan fingerprint density at radius 2 is 2.14 bits per heavy atom. The Bertz CT molecular complexity index is 714. The summed E-state index contributed by atoms with van der Waals surface area (Å²) in [4.78, 5) is 26.9. The number of carbonyl (C=O) groups is 2. The van der Waals surface area contributed by atoms with Crippen molar-refractivity contribution in [2.24, 2.45) is 4.99 Å². The molecule has 8 heteroatoms. The van der Waals surface area contributed by atoms with E-state index in [2.05, 4.69) is 10.3 Å². The molecule has 0 aromatic heterocycles. The Hall–Kier alpha value is -1.99. The number of thioether (sulfide) groups is 1. The Kier molecular flexibility index (Phi) is 3.60. The molecular weight excluding hydrogens is 316 g/mol. The zero-order chi connectivity index (χ0) is 15.0. The quantitative estimate of drug-likeness (QED) is 0.801. The van der Waals surface area contributed by atoms with Gasteiger partial charge in [0.2, 0.25) is 12.7 Å². The van der Waals surface area contributed by atoms with Gasteiger partial charge in [-0.3, -0.25) is 9.59 Å². The van der Waals surface area contributed by atoms with E-state index >= 15 is 0 Å². The van der Waals surface area contributed by atoms with Gasteiger partial charge in [0.15, 0.2) is 16.7 Å². The van der Waals surface area contributed by atoms with Crippen molar-refractivity contribution in [1.29, 1.82) is 0 Å². The number of aliphatic imine (C=N–C) groups is 1. The summed E-state index contributed by atoms with van der Waals surface area (Å²) in [6.07, 6.45) is 1.61. The summed E-state index contributed by atoms with van der Waals surface area (Å²) in [6.45, 7) is 1.50. The third-order valence-corrected chi connectivity index (χ3v) is 3.91. The zero-order valence-corrected chi connectivity index (χ0v) is 12.4. The Balaban J connectivity index is 1.87. The van der Waals surface area contributed by atoms with Crippen LogP contribution in [0.3, 0.4) is 0 Å². The van der Waals surface area contributed by atoms with E-state index in [4.69, 9.17) is 21.1 Å². The van der Waals surface area contributed by atoms with Crippen molar-refractivity contribution in [1.82, 2.24) is 5.32 Å². The number of amides is 2. The van der Waals surface area contributed by atoms with Gasteiger partial charge in [-0.15, -0.1) is 0 Å². The molecule has 0 saturated carbocycles. The summed E-state index contributed by atoms with van der Waals surface area (Å²) < 4.78 is 10.5. The summed E-state index contributed by atoms with van der Waals surface area (Å²) in [5.41, 5.74) is 0.621. The third-order valence-electron chi connectivity index (χ3n) is 2.68. The first-order chi connectivity index (χ1) is 10.0. The molecule has 2 aliphatic heterocycles. The first-order valence-electron chi connectivity index (χ1n) is 5.92. The molecule has 6 nitrogen and oxygen atoms in total. The molecule has 1 aromatic carbocycles. The van der Waals surface area contributed by atoms with Crippen LogP contribution in [-0.2, 0) is 9.59 Å². The molecule has 2 heterocycles. The molecule has 21 heavy (non-hydrogen) atoms. The fourth-order valence-electron chi connectivity index (χ4n) is 1.80. The number of hydrogen-bond acceptors (Lipinski definition) is 5. The van der Waals surface area contributed by atoms with E-state index < -0.39 is 5.91 Å². The molecule has 2 amide bonds. The standard InChI is InChI=1S/C13H9ClN2O4S/c1-6(17)15-13-16-12(18)11(21-13)3-7-2-9-10(4-8(7)14)20-5-19-9/h2-4H,5H2,1H3,(H,15,16,17,18). The van der Waals surface area contributed by atoms with E-state index in [-0.39, 0.29) is 17.9 Å². The Morgan fingerprint density at radius 3 is 2.86 bits per heavy atom. The number of ether oxygens (including phenoxy) is 2. The van der Waals surface area contributed by atoms with Crippen molar-refractivity contribution >= 4 is 46.4 Å². The van der Waals surface area contributed by atoms with Crippen LogP contribution in [0.25, 0.3) is 6.08 Å². The smallest absolute Gasteiger partial charge is 0.286 e. The molecule has 0 spiro atoms. The first-order valence-corrected chi connectivity index (χ1v) is 7.11. The lowest BCUT2D eigenvalue weighted by molar-refractivity contribution is -0.117. The molecule has 0 aliphatic carbocycles. The average Bonchev–Trinajstić information content (AvgIpc) is 2.96. The van der Waals surface area contributed by atoms with Crippen molar-refractivity contribution in [3.8, 4) is 11.5 Å². The number of nitrogens with zero attached hydrogens (tertiary/aromatic N) is 1. The molecule has 1 aromatic rings. The van der Waals surface area contributed by atoms with Crippen LogP contribution >= 0.6 is 23.4 Å². The van der Waals surface area contributed by atoms with Crippen LogP contribution in [0.2, 0.25) is 5.02 Å². The van der Waals surface area contributed by atoms with Crippen LogP contribution < -0.4 is 14.8 Å². The predicted molar refractivity (Wildman–Crippen MR) is 79.4 cm³/mol. The first kappa shape index (κ1) is 14.0. The molecule has 0 unspecified atom stereocenters. The van der Waals surface area contributed by atoms with Crippen molar-refractivity contribution in [2.75, 3.05) is 6.79 Å². The van der Waals surface area contributed by atoms with Gasteiger partial charge >= 0.3 is 0 Å². The topological polar surface area (TPSA) is 77.0 Å². The fraction of sp³-hybridized carbons (Fsp3) is 0.154. The number of hydrogen-bond donors (Lipinski definition) is 1. The van der Waals surface area contributed by atoms with Crippen LogP contribution in [0.1, 0.15) is 12.5 Å². The van der Waals surface area contributed by atoms with Gasteiger partial charge in [-0.05, 0) is 29.5 Å². The molecule has 0 bridgehead atoms. The minimum atomic E-state index is -0.419. The molecule has 0 saturated heterocycles. The predicted octanol–water partition coefficient (Wildman–Crippen LogP) is 2.18.